The maximum Gasteiger partial charge on any atom is 0.243 e. The minimum Gasteiger partial charge on any atom is -0.347 e. The summed E-state index contributed by atoms with van der Waals surface area (Å²) in [6.45, 7) is -0.103. The molecule has 1 heterocycles. The standard InChI is InChI=1S/C14H12Cl2N2O2S/c15-9-4-10(16)6-11(5-9)18-14(20)8-17-13(19)7-12-2-1-3-21-12/h1-6H,7-8H2,(H,17,19)(H,18,20). The van der Waals surface area contributed by atoms with Crippen LogP contribution in [-0.4, -0.2) is 18.4 Å². The van der Waals surface area contributed by atoms with Crippen LogP contribution in [0.15, 0.2) is 35.7 Å². The fourth-order valence-electron chi connectivity index (χ4n) is 1.64. The van der Waals surface area contributed by atoms with Gasteiger partial charge in [-0.3, -0.25) is 9.59 Å². The monoisotopic (exact) mass is 342 g/mol. The van der Waals surface area contributed by atoms with Crippen LogP contribution in [0.3, 0.4) is 0 Å². The van der Waals surface area contributed by atoms with Crippen molar-refractivity contribution in [3.05, 3.63) is 50.6 Å². The van der Waals surface area contributed by atoms with Crippen molar-refractivity contribution in [2.45, 2.75) is 6.42 Å². The van der Waals surface area contributed by atoms with E-state index in [0.717, 1.165) is 4.88 Å². The SMILES string of the molecule is O=C(Cc1cccs1)NCC(=O)Nc1cc(Cl)cc(Cl)c1. The number of nitrogens with one attached hydrogen (secondary N) is 2. The van der Waals surface area contributed by atoms with Crippen molar-refractivity contribution in [3.63, 3.8) is 0 Å². The van der Waals surface area contributed by atoms with Crippen molar-refractivity contribution in [1.29, 1.82) is 0 Å². The molecule has 0 atom stereocenters. The van der Waals surface area contributed by atoms with Crippen molar-refractivity contribution >= 4 is 52.0 Å². The van der Waals surface area contributed by atoms with E-state index in [1.165, 1.54) is 11.3 Å². The first-order valence-electron chi connectivity index (χ1n) is 6.08. The normalized spacial score (nSPS) is 10.2. The van der Waals surface area contributed by atoms with Crippen LogP contribution in [0.25, 0.3) is 0 Å². The Kier molecular flexibility index (Phi) is 5.61. The molecule has 0 saturated heterocycles. The molecule has 2 amide bonds. The lowest BCUT2D eigenvalue weighted by atomic mass is 10.3. The molecular formula is C14H12Cl2N2O2S. The van der Waals surface area contributed by atoms with Crippen LogP contribution in [0.5, 0.6) is 0 Å². The van der Waals surface area contributed by atoms with Crippen molar-refractivity contribution in [2.24, 2.45) is 0 Å². The molecule has 0 radical (unpaired) electrons. The molecule has 0 saturated carbocycles. The van der Waals surface area contributed by atoms with Gasteiger partial charge in [0, 0.05) is 20.6 Å². The molecule has 2 aromatic rings. The minimum absolute atomic E-state index is 0.103. The average molecular weight is 343 g/mol. The van der Waals surface area contributed by atoms with E-state index in [1.807, 2.05) is 17.5 Å². The highest BCUT2D eigenvalue weighted by atomic mass is 35.5. The Morgan fingerprint density at radius 2 is 1.81 bits per heavy atom. The minimum atomic E-state index is -0.340. The Morgan fingerprint density at radius 3 is 2.43 bits per heavy atom. The first kappa shape index (κ1) is 15.8. The molecule has 0 unspecified atom stereocenters. The molecule has 2 rings (SSSR count). The lowest BCUT2D eigenvalue weighted by Crippen LogP contribution is -2.33. The topological polar surface area (TPSA) is 58.2 Å². The molecular weight excluding hydrogens is 331 g/mol. The predicted octanol–water partition coefficient (Wildman–Crippen LogP) is 3.35. The molecule has 7 heteroatoms. The van der Waals surface area contributed by atoms with Gasteiger partial charge in [-0.05, 0) is 29.6 Å². The Labute approximate surface area is 136 Å². The number of anilines is 1. The maximum absolute atomic E-state index is 11.7. The molecule has 0 aliphatic heterocycles. The largest absolute Gasteiger partial charge is 0.347 e. The van der Waals surface area contributed by atoms with Crippen molar-refractivity contribution in [2.75, 3.05) is 11.9 Å². The number of rotatable bonds is 5. The Balaban J connectivity index is 1.80. The zero-order chi connectivity index (χ0) is 15.2. The second kappa shape index (κ2) is 7.45. The van der Waals surface area contributed by atoms with Gasteiger partial charge in [0.15, 0.2) is 0 Å². The summed E-state index contributed by atoms with van der Waals surface area (Å²) in [6.07, 6.45) is 0.272. The summed E-state index contributed by atoms with van der Waals surface area (Å²) in [6, 6.07) is 8.49. The van der Waals surface area contributed by atoms with Crippen LogP contribution in [0.2, 0.25) is 10.0 Å². The van der Waals surface area contributed by atoms with Gasteiger partial charge in [-0.1, -0.05) is 29.3 Å². The van der Waals surface area contributed by atoms with E-state index in [0.29, 0.717) is 15.7 Å². The number of hydrogen-bond donors (Lipinski definition) is 2. The highest BCUT2D eigenvalue weighted by molar-refractivity contribution is 7.10. The van der Waals surface area contributed by atoms with Crippen LogP contribution in [0, 0.1) is 0 Å². The van der Waals surface area contributed by atoms with E-state index < -0.39 is 0 Å². The molecule has 0 aliphatic rings. The van der Waals surface area contributed by atoms with E-state index >= 15 is 0 Å². The summed E-state index contributed by atoms with van der Waals surface area (Å²) in [5.41, 5.74) is 0.491. The molecule has 4 nitrogen and oxygen atoms in total. The fraction of sp³-hybridized carbons (Fsp3) is 0.143. The molecule has 0 aliphatic carbocycles. The summed E-state index contributed by atoms with van der Waals surface area (Å²) in [7, 11) is 0. The molecule has 0 spiro atoms. The predicted molar refractivity (Wildman–Crippen MR) is 86.1 cm³/mol. The lowest BCUT2D eigenvalue weighted by molar-refractivity contribution is -0.123. The lowest BCUT2D eigenvalue weighted by Gasteiger charge is -2.07. The van der Waals surface area contributed by atoms with E-state index in [4.69, 9.17) is 23.2 Å². The quantitative estimate of drug-likeness (QED) is 0.875. The van der Waals surface area contributed by atoms with Crippen LogP contribution >= 0.6 is 34.5 Å². The molecule has 0 fully saturated rings. The number of hydrogen-bond acceptors (Lipinski definition) is 3. The third-order valence-corrected chi connectivity index (χ3v) is 3.82. The average Bonchev–Trinajstić information content (AvgIpc) is 2.88. The van der Waals surface area contributed by atoms with Gasteiger partial charge in [-0.2, -0.15) is 0 Å². The van der Waals surface area contributed by atoms with E-state index in [9.17, 15) is 9.59 Å². The van der Waals surface area contributed by atoms with E-state index in [2.05, 4.69) is 10.6 Å². The van der Waals surface area contributed by atoms with Gasteiger partial charge < -0.3 is 10.6 Å². The zero-order valence-electron chi connectivity index (χ0n) is 10.9. The van der Waals surface area contributed by atoms with Gasteiger partial charge in [-0.15, -0.1) is 11.3 Å². The molecule has 1 aromatic carbocycles. The van der Waals surface area contributed by atoms with Gasteiger partial charge in [0.2, 0.25) is 11.8 Å². The fourth-order valence-corrected chi connectivity index (χ4v) is 2.87. The first-order valence-corrected chi connectivity index (χ1v) is 7.71. The van der Waals surface area contributed by atoms with Gasteiger partial charge in [-0.25, -0.2) is 0 Å². The van der Waals surface area contributed by atoms with Crippen LogP contribution in [0.1, 0.15) is 4.88 Å². The van der Waals surface area contributed by atoms with Crippen molar-refractivity contribution < 1.29 is 9.59 Å². The molecule has 1 aromatic heterocycles. The van der Waals surface area contributed by atoms with Gasteiger partial charge >= 0.3 is 0 Å². The molecule has 110 valence electrons. The Morgan fingerprint density at radius 1 is 1.10 bits per heavy atom. The van der Waals surface area contributed by atoms with Crippen molar-refractivity contribution in [1.82, 2.24) is 5.32 Å². The van der Waals surface area contributed by atoms with E-state index in [-0.39, 0.29) is 24.8 Å². The number of thiophene rings is 1. The number of amides is 2. The Bertz CT molecular complexity index is 624. The number of carbonyl (C=O) groups excluding carboxylic acids is 2. The van der Waals surface area contributed by atoms with Crippen LogP contribution in [-0.2, 0) is 16.0 Å². The molecule has 0 bridgehead atoms. The third kappa shape index (κ3) is 5.38. The summed E-state index contributed by atoms with van der Waals surface area (Å²) < 4.78 is 0. The summed E-state index contributed by atoms with van der Waals surface area (Å²) in [4.78, 5) is 24.3. The highest BCUT2D eigenvalue weighted by Gasteiger charge is 2.08. The van der Waals surface area contributed by atoms with Crippen LogP contribution in [0.4, 0.5) is 5.69 Å². The first-order chi connectivity index (χ1) is 10.0. The number of halogens is 2. The summed E-state index contributed by atoms with van der Waals surface area (Å²) in [5, 5.41) is 7.94. The number of carbonyl (C=O) groups is 2. The number of benzene rings is 1. The summed E-state index contributed by atoms with van der Waals surface area (Å²) in [5.74, 6) is -0.537. The molecule has 21 heavy (non-hydrogen) atoms. The van der Waals surface area contributed by atoms with Crippen molar-refractivity contribution in [3.8, 4) is 0 Å². The molecule has 2 N–H and O–H groups in total. The maximum atomic E-state index is 11.7. The second-order valence-electron chi connectivity index (χ2n) is 4.24. The van der Waals surface area contributed by atoms with E-state index in [1.54, 1.807) is 18.2 Å². The van der Waals surface area contributed by atoms with Crippen LogP contribution < -0.4 is 10.6 Å². The van der Waals surface area contributed by atoms with Gasteiger partial charge in [0.1, 0.15) is 0 Å². The second-order valence-corrected chi connectivity index (χ2v) is 6.14. The summed E-state index contributed by atoms with van der Waals surface area (Å²) >= 11 is 13.2. The zero-order valence-corrected chi connectivity index (χ0v) is 13.2. The van der Waals surface area contributed by atoms with Gasteiger partial charge in [0.05, 0.1) is 13.0 Å². The Hall–Kier alpha value is -1.56. The van der Waals surface area contributed by atoms with Gasteiger partial charge in [0.25, 0.3) is 0 Å². The third-order valence-electron chi connectivity index (χ3n) is 2.51. The smallest absolute Gasteiger partial charge is 0.243 e. The highest BCUT2D eigenvalue weighted by Crippen LogP contribution is 2.22.